The van der Waals surface area contributed by atoms with Crippen LogP contribution in [0.25, 0.3) is 0 Å². The highest BCUT2D eigenvalue weighted by molar-refractivity contribution is 5.61. The van der Waals surface area contributed by atoms with E-state index in [1.54, 1.807) is 25.1 Å². The molecule has 1 aromatic carbocycles. The molecule has 1 aromatic rings. The maximum Gasteiger partial charge on any atom is 0.427 e. The fraction of sp³-hybridized carbons (Fsp3) is 0.400. The third kappa shape index (κ3) is 1.86. The predicted octanol–water partition coefficient (Wildman–Crippen LogP) is 2.73. The summed E-state index contributed by atoms with van der Waals surface area (Å²) >= 11 is 0. The van der Waals surface area contributed by atoms with Gasteiger partial charge in [0.1, 0.15) is 5.75 Å². The Balaban J connectivity index is 2.30. The second-order valence-electron chi connectivity index (χ2n) is 3.48. The van der Waals surface area contributed by atoms with Crippen molar-refractivity contribution < 1.29 is 17.9 Å². The number of hydrogen-bond donors (Lipinski definition) is 1. The second-order valence-corrected chi connectivity index (χ2v) is 3.48. The number of benzene rings is 1. The van der Waals surface area contributed by atoms with Crippen LogP contribution in [0.2, 0.25) is 0 Å². The zero-order chi connectivity index (χ0) is 11.1. The van der Waals surface area contributed by atoms with Gasteiger partial charge in [0.2, 0.25) is 6.10 Å². The Labute approximate surface area is 85.0 Å². The fourth-order valence-electron chi connectivity index (χ4n) is 1.52. The molecule has 0 aliphatic carbocycles. The maximum atomic E-state index is 12.4. The van der Waals surface area contributed by atoms with E-state index in [-0.39, 0.29) is 6.54 Å². The van der Waals surface area contributed by atoms with Gasteiger partial charge in [0.15, 0.2) is 0 Å². The van der Waals surface area contributed by atoms with Crippen LogP contribution in [0, 0.1) is 6.92 Å². The number of hydrogen-bond acceptors (Lipinski definition) is 2. The molecule has 0 amide bonds. The van der Waals surface area contributed by atoms with Gasteiger partial charge in [0.25, 0.3) is 0 Å². The lowest BCUT2D eigenvalue weighted by Gasteiger charge is -2.29. The number of anilines is 1. The minimum Gasteiger partial charge on any atom is -0.477 e. The van der Waals surface area contributed by atoms with Gasteiger partial charge >= 0.3 is 6.18 Å². The van der Waals surface area contributed by atoms with Gasteiger partial charge in [-0.05, 0) is 18.6 Å². The molecule has 1 N–H and O–H groups in total. The third-order valence-corrected chi connectivity index (χ3v) is 2.32. The van der Waals surface area contributed by atoms with Crippen molar-refractivity contribution in [3.63, 3.8) is 0 Å². The molecule has 15 heavy (non-hydrogen) atoms. The molecular formula is C10H10F3NO. The van der Waals surface area contributed by atoms with Gasteiger partial charge in [-0.1, -0.05) is 12.1 Å². The molecule has 82 valence electrons. The predicted molar refractivity (Wildman–Crippen MR) is 50.1 cm³/mol. The summed E-state index contributed by atoms with van der Waals surface area (Å²) in [5.74, 6) is 0.297. The standard InChI is InChI=1S/C10H10F3NO/c1-6-3-2-4-7-9(6)15-8(5-14-7)10(11,12)13/h2-4,8,14H,5H2,1H3. The first-order valence-electron chi connectivity index (χ1n) is 4.55. The van der Waals surface area contributed by atoms with Gasteiger partial charge < -0.3 is 10.1 Å². The molecule has 0 saturated heterocycles. The molecule has 0 saturated carbocycles. The molecule has 1 heterocycles. The highest BCUT2D eigenvalue weighted by atomic mass is 19.4. The fourth-order valence-corrected chi connectivity index (χ4v) is 1.52. The van der Waals surface area contributed by atoms with Gasteiger partial charge in [0, 0.05) is 0 Å². The second kappa shape index (κ2) is 3.32. The average Bonchev–Trinajstić information content (AvgIpc) is 2.16. The van der Waals surface area contributed by atoms with Crippen LogP contribution in [0.4, 0.5) is 18.9 Å². The normalized spacial score (nSPS) is 20.1. The summed E-state index contributed by atoms with van der Waals surface area (Å²) in [6, 6.07) is 5.20. The Morgan fingerprint density at radius 1 is 1.40 bits per heavy atom. The van der Waals surface area contributed by atoms with Gasteiger partial charge in [-0.25, -0.2) is 0 Å². The summed E-state index contributed by atoms with van der Waals surface area (Å²) in [4.78, 5) is 0. The van der Waals surface area contributed by atoms with E-state index in [2.05, 4.69) is 5.32 Å². The highest BCUT2D eigenvalue weighted by Crippen LogP contribution is 2.36. The summed E-state index contributed by atoms with van der Waals surface area (Å²) in [6.07, 6.45) is -6.08. The lowest BCUT2D eigenvalue weighted by atomic mass is 10.1. The number of halogens is 3. The molecule has 1 aliphatic rings. The number of alkyl halides is 3. The van der Waals surface area contributed by atoms with Gasteiger partial charge in [-0.15, -0.1) is 0 Å². The van der Waals surface area contributed by atoms with Gasteiger partial charge in [-0.3, -0.25) is 0 Å². The lowest BCUT2D eigenvalue weighted by molar-refractivity contribution is -0.191. The molecule has 2 rings (SSSR count). The van der Waals surface area contributed by atoms with E-state index in [0.29, 0.717) is 17.0 Å². The number of ether oxygens (including phenoxy) is 1. The zero-order valence-corrected chi connectivity index (χ0v) is 8.06. The highest BCUT2D eigenvalue weighted by Gasteiger charge is 2.43. The van der Waals surface area contributed by atoms with Crippen LogP contribution >= 0.6 is 0 Å². The molecule has 0 bridgehead atoms. The van der Waals surface area contributed by atoms with Crippen LogP contribution in [0.1, 0.15) is 5.56 Å². The number of rotatable bonds is 0. The summed E-state index contributed by atoms with van der Waals surface area (Å²) in [6.45, 7) is 1.49. The van der Waals surface area contributed by atoms with E-state index >= 15 is 0 Å². The first-order chi connectivity index (χ1) is 6.98. The van der Waals surface area contributed by atoms with Crippen LogP contribution in [0.15, 0.2) is 18.2 Å². The first kappa shape index (κ1) is 10.1. The van der Waals surface area contributed by atoms with E-state index in [9.17, 15) is 13.2 Å². The smallest absolute Gasteiger partial charge is 0.427 e. The largest absolute Gasteiger partial charge is 0.477 e. The topological polar surface area (TPSA) is 21.3 Å². The van der Waals surface area contributed by atoms with Crippen LogP contribution in [-0.4, -0.2) is 18.8 Å². The summed E-state index contributed by atoms with van der Waals surface area (Å²) < 4.78 is 42.1. The first-order valence-corrected chi connectivity index (χ1v) is 4.55. The zero-order valence-electron chi connectivity index (χ0n) is 8.06. The van der Waals surface area contributed by atoms with Crippen molar-refractivity contribution in [3.8, 4) is 5.75 Å². The molecule has 0 aromatic heterocycles. The minimum absolute atomic E-state index is 0.236. The van der Waals surface area contributed by atoms with E-state index in [4.69, 9.17) is 4.74 Å². The van der Waals surface area contributed by atoms with Gasteiger partial charge in [0.05, 0.1) is 12.2 Å². The third-order valence-electron chi connectivity index (χ3n) is 2.32. The molecule has 1 aliphatic heterocycles. The number of fused-ring (bicyclic) bond motifs is 1. The van der Waals surface area contributed by atoms with E-state index in [1.807, 2.05) is 0 Å². The molecule has 2 nitrogen and oxygen atoms in total. The molecule has 0 fully saturated rings. The Morgan fingerprint density at radius 3 is 2.80 bits per heavy atom. The van der Waals surface area contributed by atoms with Crippen molar-refractivity contribution in [3.05, 3.63) is 23.8 Å². The van der Waals surface area contributed by atoms with Crippen LogP contribution in [-0.2, 0) is 0 Å². The summed E-state index contributed by atoms with van der Waals surface area (Å²) in [5.41, 5.74) is 1.32. The molecule has 0 radical (unpaired) electrons. The van der Waals surface area contributed by atoms with Crippen molar-refractivity contribution >= 4 is 5.69 Å². The lowest BCUT2D eigenvalue weighted by Crippen LogP contribution is -2.43. The molecule has 5 heteroatoms. The number of para-hydroxylation sites is 1. The molecular weight excluding hydrogens is 207 g/mol. The van der Waals surface area contributed by atoms with E-state index < -0.39 is 12.3 Å². The Hall–Kier alpha value is -1.39. The molecule has 1 atom stereocenters. The number of aryl methyl sites for hydroxylation is 1. The Kier molecular flexibility index (Phi) is 2.25. The monoisotopic (exact) mass is 217 g/mol. The number of nitrogens with one attached hydrogen (secondary N) is 1. The van der Waals surface area contributed by atoms with Crippen LogP contribution < -0.4 is 10.1 Å². The summed E-state index contributed by atoms with van der Waals surface area (Å²) in [5, 5.41) is 2.72. The van der Waals surface area contributed by atoms with E-state index in [0.717, 1.165) is 0 Å². The van der Waals surface area contributed by atoms with Crippen molar-refractivity contribution in [2.45, 2.75) is 19.2 Å². The Morgan fingerprint density at radius 2 is 2.13 bits per heavy atom. The van der Waals surface area contributed by atoms with Crippen molar-refractivity contribution in [2.75, 3.05) is 11.9 Å². The summed E-state index contributed by atoms with van der Waals surface area (Å²) in [7, 11) is 0. The van der Waals surface area contributed by atoms with E-state index in [1.165, 1.54) is 0 Å². The van der Waals surface area contributed by atoms with Crippen LogP contribution in [0.5, 0.6) is 5.75 Å². The van der Waals surface area contributed by atoms with Crippen molar-refractivity contribution in [2.24, 2.45) is 0 Å². The molecule has 0 spiro atoms. The van der Waals surface area contributed by atoms with Crippen molar-refractivity contribution in [1.29, 1.82) is 0 Å². The minimum atomic E-state index is -4.33. The SMILES string of the molecule is Cc1cccc2c1OC(C(F)(F)F)CN2. The van der Waals surface area contributed by atoms with Crippen LogP contribution in [0.3, 0.4) is 0 Å². The maximum absolute atomic E-state index is 12.4. The Bertz CT molecular complexity index is 375. The van der Waals surface area contributed by atoms with Gasteiger partial charge in [-0.2, -0.15) is 13.2 Å². The average molecular weight is 217 g/mol. The quantitative estimate of drug-likeness (QED) is 0.721. The van der Waals surface area contributed by atoms with Crippen molar-refractivity contribution in [1.82, 2.24) is 0 Å². The molecule has 1 unspecified atom stereocenters.